The Balaban J connectivity index is 2.81. The number of rotatable bonds is 7. The number of primary sulfonamides is 1. The van der Waals surface area contributed by atoms with Gasteiger partial charge in [-0.1, -0.05) is 12.1 Å². The van der Waals surface area contributed by atoms with Crippen molar-refractivity contribution in [1.29, 1.82) is 0 Å². The number of sulfonamides is 1. The Bertz CT molecular complexity index is 642. The maximum atomic E-state index is 11.4. The Labute approximate surface area is 138 Å². The summed E-state index contributed by atoms with van der Waals surface area (Å²) in [7, 11) is -2.05. The molecule has 0 aliphatic carbocycles. The van der Waals surface area contributed by atoms with Gasteiger partial charge in [-0.05, 0) is 38.5 Å². The first-order valence-corrected chi connectivity index (χ1v) is 8.91. The van der Waals surface area contributed by atoms with E-state index in [1.807, 2.05) is 20.8 Å². The van der Waals surface area contributed by atoms with Gasteiger partial charge >= 0.3 is 0 Å². The number of benzene rings is 1. The molecule has 7 nitrogen and oxygen atoms in total. The van der Waals surface area contributed by atoms with Crippen molar-refractivity contribution in [3.05, 3.63) is 29.8 Å². The maximum absolute atomic E-state index is 11.4. The van der Waals surface area contributed by atoms with E-state index in [4.69, 9.17) is 9.88 Å². The predicted octanol–water partition coefficient (Wildman–Crippen LogP) is 0.814. The zero-order valence-electron chi connectivity index (χ0n) is 14.1. The zero-order valence-corrected chi connectivity index (χ0v) is 14.9. The fourth-order valence-corrected chi connectivity index (χ4v) is 2.29. The van der Waals surface area contributed by atoms with Crippen LogP contribution in [0.4, 0.5) is 0 Å². The molecule has 0 unspecified atom stereocenters. The van der Waals surface area contributed by atoms with Crippen molar-refractivity contribution < 1.29 is 13.2 Å². The van der Waals surface area contributed by atoms with E-state index in [1.165, 1.54) is 12.1 Å². The first-order chi connectivity index (χ1) is 10.7. The smallest absolute Gasteiger partial charge is 0.238 e. The quantitative estimate of drug-likeness (QED) is 0.502. The van der Waals surface area contributed by atoms with Gasteiger partial charge in [-0.25, -0.2) is 18.5 Å². The van der Waals surface area contributed by atoms with Crippen LogP contribution in [0.15, 0.2) is 34.2 Å². The number of nitrogens with one attached hydrogen (secondary N) is 2. The van der Waals surface area contributed by atoms with Gasteiger partial charge in [0.15, 0.2) is 5.96 Å². The van der Waals surface area contributed by atoms with Gasteiger partial charge in [0.25, 0.3) is 0 Å². The average molecular weight is 342 g/mol. The molecule has 130 valence electrons. The van der Waals surface area contributed by atoms with E-state index in [0.717, 1.165) is 12.1 Å². The molecule has 0 saturated carbocycles. The minimum Gasteiger partial charge on any atom is -0.377 e. The lowest BCUT2D eigenvalue weighted by Crippen LogP contribution is -2.45. The molecule has 0 fully saturated rings. The molecule has 4 N–H and O–H groups in total. The summed E-state index contributed by atoms with van der Waals surface area (Å²) in [5.74, 6) is 0.638. The fraction of sp³-hybridized carbons (Fsp3) is 0.533. The predicted molar refractivity (Wildman–Crippen MR) is 91.7 cm³/mol. The molecule has 1 rings (SSSR count). The van der Waals surface area contributed by atoms with Crippen molar-refractivity contribution in [2.45, 2.75) is 37.8 Å². The van der Waals surface area contributed by atoms with Crippen molar-refractivity contribution in [1.82, 2.24) is 10.6 Å². The van der Waals surface area contributed by atoms with Crippen molar-refractivity contribution >= 4 is 16.0 Å². The molecular weight excluding hydrogens is 316 g/mol. The number of nitrogens with two attached hydrogens (primary N) is 1. The van der Waals surface area contributed by atoms with Gasteiger partial charge < -0.3 is 15.4 Å². The minimum absolute atomic E-state index is 0.0867. The third kappa shape index (κ3) is 6.98. The Morgan fingerprint density at radius 3 is 2.61 bits per heavy atom. The first kappa shape index (κ1) is 19.4. The molecule has 0 radical (unpaired) electrons. The summed E-state index contributed by atoms with van der Waals surface area (Å²) in [6, 6.07) is 6.45. The van der Waals surface area contributed by atoms with E-state index in [1.54, 1.807) is 19.2 Å². The Kier molecular flexibility index (Phi) is 6.99. The second kappa shape index (κ2) is 8.28. The van der Waals surface area contributed by atoms with Crippen LogP contribution in [0.3, 0.4) is 0 Å². The van der Waals surface area contributed by atoms with Crippen LogP contribution in [0.1, 0.15) is 26.3 Å². The maximum Gasteiger partial charge on any atom is 0.238 e. The van der Waals surface area contributed by atoms with E-state index in [9.17, 15) is 8.42 Å². The summed E-state index contributed by atoms with van der Waals surface area (Å²) < 4.78 is 28.1. The molecule has 0 heterocycles. The number of nitrogens with zero attached hydrogens (tertiary/aromatic N) is 1. The summed E-state index contributed by atoms with van der Waals surface area (Å²) in [5.41, 5.74) is 0.448. The Morgan fingerprint density at radius 1 is 1.35 bits per heavy atom. The van der Waals surface area contributed by atoms with Crippen LogP contribution in [0.5, 0.6) is 0 Å². The van der Waals surface area contributed by atoms with Crippen LogP contribution >= 0.6 is 0 Å². The van der Waals surface area contributed by atoms with Crippen LogP contribution in [-0.2, 0) is 21.3 Å². The van der Waals surface area contributed by atoms with Gasteiger partial charge in [-0.15, -0.1) is 0 Å². The normalized spacial score (nSPS) is 13.0. The van der Waals surface area contributed by atoms with Gasteiger partial charge in [0.05, 0.1) is 17.0 Å². The third-order valence-corrected chi connectivity index (χ3v) is 4.14. The second-order valence-electron chi connectivity index (χ2n) is 5.70. The lowest BCUT2D eigenvalue weighted by Gasteiger charge is -2.24. The molecule has 0 aliphatic rings. The number of ether oxygens (including phenoxy) is 1. The molecule has 0 aromatic heterocycles. The monoisotopic (exact) mass is 342 g/mol. The van der Waals surface area contributed by atoms with Crippen LogP contribution < -0.4 is 15.8 Å². The Morgan fingerprint density at radius 2 is 2.04 bits per heavy atom. The number of guanidine groups is 1. The summed E-state index contributed by atoms with van der Waals surface area (Å²) >= 11 is 0. The molecule has 0 spiro atoms. The molecule has 1 aromatic rings. The van der Waals surface area contributed by atoms with Crippen LogP contribution in [0, 0.1) is 0 Å². The fourth-order valence-electron chi connectivity index (χ4n) is 1.70. The van der Waals surface area contributed by atoms with Crippen LogP contribution in [0.2, 0.25) is 0 Å². The van der Waals surface area contributed by atoms with E-state index >= 15 is 0 Å². The Hall–Kier alpha value is -1.64. The topological polar surface area (TPSA) is 106 Å². The lowest BCUT2D eigenvalue weighted by molar-refractivity contribution is 0.0268. The number of aliphatic imine (C=N–C) groups is 1. The summed E-state index contributed by atoms with van der Waals surface area (Å²) in [6.45, 7) is 7.56. The zero-order chi connectivity index (χ0) is 17.5. The molecule has 0 amide bonds. The highest BCUT2D eigenvalue weighted by atomic mass is 32.2. The highest BCUT2D eigenvalue weighted by molar-refractivity contribution is 7.89. The summed E-state index contributed by atoms with van der Waals surface area (Å²) in [4.78, 5) is 4.53. The van der Waals surface area contributed by atoms with Crippen molar-refractivity contribution in [3.8, 4) is 0 Å². The molecule has 0 saturated heterocycles. The van der Waals surface area contributed by atoms with Gasteiger partial charge in [0.2, 0.25) is 10.0 Å². The lowest BCUT2D eigenvalue weighted by atomic mass is 10.1. The van der Waals surface area contributed by atoms with Crippen LogP contribution in [-0.4, -0.2) is 40.2 Å². The second-order valence-corrected chi connectivity index (χ2v) is 7.27. The number of methoxy groups -OCH3 is 1. The molecule has 23 heavy (non-hydrogen) atoms. The third-order valence-electron chi connectivity index (χ3n) is 3.23. The highest BCUT2D eigenvalue weighted by Crippen LogP contribution is 2.10. The average Bonchev–Trinajstić information content (AvgIpc) is 2.49. The number of hydrogen-bond acceptors (Lipinski definition) is 4. The van der Waals surface area contributed by atoms with Crippen molar-refractivity contribution in [2.24, 2.45) is 10.1 Å². The highest BCUT2D eigenvalue weighted by Gasteiger charge is 2.16. The van der Waals surface area contributed by atoms with E-state index in [2.05, 4.69) is 15.6 Å². The van der Waals surface area contributed by atoms with Crippen molar-refractivity contribution in [3.63, 3.8) is 0 Å². The minimum atomic E-state index is -3.70. The molecule has 0 atom stereocenters. The van der Waals surface area contributed by atoms with E-state index < -0.39 is 10.0 Å². The molecular formula is C15H26N4O3S. The molecule has 1 aromatic carbocycles. The van der Waals surface area contributed by atoms with Gasteiger partial charge in [0, 0.05) is 20.2 Å². The van der Waals surface area contributed by atoms with Crippen LogP contribution in [0.25, 0.3) is 0 Å². The van der Waals surface area contributed by atoms with Gasteiger partial charge in [-0.2, -0.15) is 0 Å². The number of hydrogen-bond donors (Lipinski definition) is 3. The van der Waals surface area contributed by atoms with E-state index in [0.29, 0.717) is 19.0 Å². The largest absolute Gasteiger partial charge is 0.377 e. The summed E-state index contributed by atoms with van der Waals surface area (Å²) in [6.07, 6.45) is 0. The van der Waals surface area contributed by atoms with Crippen molar-refractivity contribution in [2.75, 3.05) is 20.2 Å². The van der Waals surface area contributed by atoms with Gasteiger partial charge in [0.1, 0.15) is 0 Å². The summed E-state index contributed by atoms with van der Waals surface area (Å²) in [5, 5.41) is 11.5. The first-order valence-electron chi connectivity index (χ1n) is 7.37. The molecule has 8 heteroatoms. The SMILES string of the molecule is CCNC(=NCc1cccc(S(N)(=O)=O)c1)NCC(C)(C)OC. The van der Waals surface area contributed by atoms with Gasteiger partial charge in [-0.3, -0.25) is 0 Å². The van der Waals surface area contributed by atoms with E-state index in [-0.39, 0.29) is 10.5 Å². The molecule has 0 aliphatic heterocycles. The molecule has 0 bridgehead atoms. The standard InChI is InChI=1S/C15H26N4O3S/c1-5-17-14(19-11-15(2,3)22-4)18-10-12-7-6-8-13(9-12)23(16,20)21/h6-9H,5,10-11H2,1-4H3,(H2,16,20,21)(H2,17,18,19).